The second-order valence-corrected chi connectivity index (χ2v) is 7.31. The van der Waals surface area contributed by atoms with Crippen LogP contribution in [0.15, 0.2) is 24.4 Å². The molecule has 2 saturated heterocycles. The van der Waals surface area contributed by atoms with Gasteiger partial charge in [0.05, 0.1) is 5.92 Å². The van der Waals surface area contributed by atoms with E-state index in [-0.39, 0.29) is 11.8 Å². The summed E-state index contributed by atoms with van der Waals surface area (Å²) in [7, 11) is 0. The zero-order chi connectivity index (χ0) is 16.8. The summed E-state index contributed by atoms with van der Waals surface area (Å²) in [6.45, 7) is 8.19. The van der Waals surface area contributed by atoms with Gasteiger partial charge < -0.3 is 15.1 Å². The third kappa shape index (κ3) is 4.69. The summed E-state index contributed by atoms with van der Waals surface area (Å²) in [5.41, 5.74) is 0. The van der Waals surface area contributed by atoms with Crippen molar-refractivity contribution in [3.05, 3.63) is 24.4 Å². The molecule has 0 aromatic carbocycles. The van der Waals surface area contributed by atoms with E-state index >= 15 is 0 Å². The molecule has 0 aliphatic carbocycles. The Morgan fingerprint density at radius 3 is 2.92 bits per heavy atom. The molecule has 0 spiro atoms. The van der Waals surface area contributed by atoms with Crippen LogP contribution in [0.5, 0.6) is 0 Å². The van der Waals surface area contributed by atoms with Gasteiger partial charge in [-0.25, -0.2) is 4.98 Å². The molecule has 2 aliphatic rings. The van der Waals surface area contributed by atoms with Crippen LogP contribution in [0.3, 0.4) is 0 Å². The minimum atomic E-state index is 0.0843. The van der Waals surface area contributed by atoms with E-state index in [1.165, 1.54) is 25.9 Å². The highest BCUT2D eigenvalue weighted by atomic mass is 16.1. The molecule has 0 unspecified atom stereocenters. The van der Waals surface area contributed by atoms with E-state index < -0.39 is 0 Å². The Morgan fingerprint density at radius 1 is 1.25 bits per heavy atom. The molecule has 2 fully saturated rings. The molecule has 0 radical (unpaired) electrons. The van der Waals surface area contributed by atoms with Crippen molar-refractivity contribution in [1.29, 1.82) is 0 Å². The van der Waals surface area contributed by atoms with E-state index in [0.29, 0.717) is 0 Å². The van der Waals surface area contributed by atoms with Gasteiger partial charge in [-0.15, -0.1) is 0 Å². The average Bonchev–Trinajstić information content (AvgIpc) is 2.62. The number of nitrogens with zero attached hydrogens (tertiary/aromatic N) is 3. The predicted octanol–water partition coefficient (Wildman–Crippen LogP) is 2.15. The lowest BCUT2D eigenvalue weighted by molar-refractivity contribution is -0.125. The Labute approximate surface area is 145 Å². The van der Waals surface area contributed by atoms with Crippen LogP contribution in [-0.4, -0.2) is 55.1 Å². The van der Waals surface area contributed by atoms with Gasteiger partial charge in [0.1, 0.15) is 5.82 Å². The number of aromatic nitrogens is 1. The third-order valence-corrected chi connectivity index (χ3v) is 5.23. The molecule has 132 valence electrons. The second kappa shape index (κ2) is 8.47. The fourth-order valence-electron chi connectivity index (χ4n) is 3.91. The minimum absolute atomic E-state index is 0.0843. The predicted molar refractivity (Wildman–Crippen MR) is 97.0 cm³/mol. The van der Waals surface area contributed by atoms with Crippen molar-refractivity contribution in [3.8, 4) is 0 Å². The summed E-state index contributed by atoms with van der Waals surface area (Å²) in [6, 6.07) is 5.96. The highest BCUT2D eigenvalue weighted by molar-refractivity contribution is 5.79. The van der Waals surface area contributed by atoms with Gasteiger partial charge in [-0.1, -0.05) is 13.0 Å². The first kappa shape index (κ1) is 17.2. The van der Waals surface area contributed by atoms with Crippen molar-refractivity contribution >= 4 is 11.7 Å². The highest BCUT2D eigenvalue weighted by Crippen LogP contribution is 2.21. The van der Waals surface area contributed by atoms with Crippen LogP contribution in [-0.2, 0) is 4.79 Å². The molecule has 1 N–H and O–H groups in total. The maximum absolute atomic E-state index is 12.5. The van der Waals surface area contributed by atoms with Crippen molar-refractivity contribution in [1.82, 2.24) is 15.2 Å². The molecule has 2 atom stereocenters. The van der Waals surface area contributed by atoms with Crippen molar-refractivity contribution < 1.29 is 4.79 Å². The number of carbonyl (C=O) groups is 1. The molecule has 1 aromatic rings. The second-order valence-electron chi connectivity index (χ2n) is 7.31. The van der Waals surface area contributed by atoms with Crippen molar-refractivity contribution in [3.63, 3.8) is 0 Å². The SMILES string of the molecule is C[C@H]1CCCN(CCNC(=O)[C@H]2CCCN(c3ccccn3)C2)C1. The molecular weight excluding hydrogens is 300 g/mol. The first-order valence-electron chi connectivity index (χ1n) is 9.38. The molecule has 0 bridgehead atoms. The van der Waals surface area contributed by atoms with Gasteiger partial charge in [0.25, 0.3) is 0 Å². The lowest BCUT2D eigenvalue weighted by Gasteiger charge is -2.33. The van der Waals surface area contributed by atoms with Crippen LogP contribution in [0, 0.1) is 11.8 Å². The highest BCUT2D eigenvalue weighted by Gasteiger charge is 2.26. The molecule has 5 nitrogen and oxygen atoms in total. The van der Waals surface area contributed by atoms with Crippen molar-refractivity contribution in [2.45, 2.75) is 32.6 Å². The largest absolute Gasteiger partial charge is 0.356 e. The summed E-state index contributed by atoms with van der Waals surface area (Å²) in [5, 5.41) is 3.16. The lowest BCUT2D eigenvalue weighted by Crippen LogP contribution is -2.45. The van der Waals surface area contributed by atoms with Gasteiger partial charge in [-0.3, -0.25) is 4.79 Å². The van der Waals surface area contributed by atoms with Crippen LogP contribution in [0.2, 0.25) is 0 Å². The molecule has 1 amide bonds. The standard InChI is InChI=1S/C19H30N4O/c1-16-6-4-11-22(14-16)13-10-21-19(24)17-7-5-12-23(15-17)18-8-2-3-9-20-18/h2-3,8-9,16-17H,4-7,10-15H2,1H3,(H,21,24)/t16-,17-/m0/s1. The Bertz CT molecular complexity index is 521. The van der Waals surface area contributed by atoms with Crippen LogP contribution in [0.25, 0.3) is 0 Å². The van der Waals surface area contributed by atoms with E-state index in [0.717, 1.165) is 50.8 Å². The summed E-state index contributed by atoms with van der Waals surface area (Å²) in [5.74, 6) is 2.07. The van der Waals surface area contributed by atoms with Gasteiger partial charge in [-0.05, 0) is 50.3 Å². The number of carbonyl (C=O) groups excluding carboxylic acids is 1. The zero-order valence-corrected chi connectivity index (χ0v) is 14.8. The monoisotopic (exact) mass is 330 g/mol. The first-order valence-corrected chi connectivity index (χ1v) is 9.38. The summed E-state index contributed by atoms with van der Waals surface area (Å²) >= 11 is 0. The molecule has 0 saturated carbocycles. The number of anilines is 1. The molecule has 3 heterocycles. The molecule has 24 heavy (non-hydrogen) atoms. The fourth-order valence-corrected chi connectivity index (χ4v) is 3.91. The maximum Gasteiger partial charge on any atom is 0.224 e. The number of rotatable bonds is 5. The number of hydrogen-bond donors (Lipinski definition) is 1. The topological polar surface area (TPSA) is 48.5 Å². The van der Waals surface area contributed by atoms with Crippen LogP contribution in [0.4, 0.5) is 5.82 Å². The zero-order valence-electron chi connectivity index (χ0n) is 14.8. The van der Waals surface area contributed by atoms with Gasteiger partial charge in [-0.2, -0.15) is 0 Å². The summed E-state index contributed by atoms with van der Waals surface area (Å²) < 4.78 is 0. The van der Waals surface area contributed by atoms with Gasteiger partial charge >= 0.3 is 0 Å². The summed E-state index contributed by atoms with van der Waals surface area (Å²) in [6.07, 6.45) is 6.48. The molecule has 5 heteroatoms. The number of amides is 1. The Morgan fingerprint density at radius 2 is 2.12 bits per heavy atom. The van der Waals surface area contributed by atoms with E-state index in [1.54, 1.807) is 0 Å². The quantitative estimate of drug-likeness (QED) is 0.899. The van der Waals surface area contributed by atoms with Gasteiger partial charge in [0.15, 0.2) is 0 Å². The molecule has 1 aromatic heterocycles. The number of pyridine rings is 1. The van der Waals surface area contributed by atoms with Gasteiger partial charge in [0.2, 0.25) is 5.91 Å². The van der Waals surface area contributed by atoms with Crippen molar-refractivity contribution in [2.75, 3.05) is 44.2 Å². The normalized spacial score (nSPS) is 25.5. The maximum atomic E-state index is 12.5. The van der Waals surface area contributed by atoms with Crippen LogP contribution >= 0.6 is 0 Å². The fraction of sp³-hybridized carbons (Fsp3) is 0.684. The third-order valence-electron chi connectivity index (χ3n) is 5.23. The van der Waals surface area contributed by atoms with E-state index in [9.17, 15) is 4.79 Å². The minimum Gasteiger partial charge on any atom is -0.356 e. The number of nitrogens with one attached hydrogen (secondary N) is 1. The Hall–Kier alpha value is -1.62. The van der Waals surface area contributed by atoms with E-state index in [4.69, 9.17) is 0 Å². The Balaban J connectivity index is 1.43. The molecular formula is C19H30N4O. The number of likely N-dealkylation sites (tertiary alicyclic amines) is 1. The Kier molecular flexibility index (Phi) is 6.07. The van der Waals surface area contributed by atoms with Crippen LogP contribution < -0.4 is 10.2 Å². The van der Waals surface area contributed by atoms with E-state index in [1.807, 2.05) is 24.4 Å². The summed E-state index contributed by atoms with van der Waals surface area (Å²) in [4.78, 5) is 21.6. The number of piperidine rings is 2. The smallest absolute Gasteiger partial charge is 0.224 e. The molecule has 2 aliphatic heterocycles. The van der Waals surface area contributed by atoms with Crippen LogP contribution in [0.1, 0.15) is 32.6 Å². The lowest BCUT2D eigenvalue weighted by atomic mass is 9.97. The van der Waals surface area contributed by atoms with Gasteiger partial charge in [0, 0.05) is 38.9 Å². The molecule has 3 rings (SSSR count). The first-order chi connectivity index (χ1) is 11.7. The average molecular weight is 330 g/mol. The van der Waals surface area contributed by atoms with Crippen molar-refractivity contribution in [2.24, 2.45) is 11.8 Å². The number of hydrogen-bond acceptors (Lipinski definition) is 4. The van der Waals surface area contributed by atoms with E-state index in [2.05, 4.69) is 27.0 Å².